The van der Waals surface area contributed by atoms with Crippen LogP contribution in [0.5, 0.6) is 0 Å². The van der Waals surface area contributed by atoms with Crippen LogP contribution in [0.15, 0.2) is 11.0 Å². The molecule has 0 spiro atoms. The molecule has 1 aliphatic heterocycles. The first-order valence-electron chi connectivity index (χ1n) is 6.46. The maximum Gasteiger partial charge on any atom is 0.309 e. The maximum absolute atomic E-state index is 12.7. The number of aryl methyl sites for hydroxylation is 2. The minimum Gasteiger partial charge on any atom is -0.481 e. The average molecular weight is 297 g/mol. The van der Waals surface area contributed by atoms with Crippen LogP contribution in [-0.2, 0) is 14.8 Å². The summed E-state index contributed by atoms with van der Waals surface area (Å²) in [6, 6.07) is 1.97. The van der Waals surface area contributed by atoms with Crippen LogP contribution >= 0.6 is 0 Å². The minimum absolute atomic E-state index is 0.0591. The second kappa shape index (κ2) is 4.86. The molecule has 0 aromatic heterocycles. The second-order valence-corrected chi connectivity index (χ2v) is 7.32. The summed E-state index contributed by atoms with van der Waals surface area (Å²) in [5, 5.41) is 8.86. The van der Waals surface area contributed by atoms with Gasteiger partial charge in [-0.05, 0) is 49.9 Å². The molecule has 1 aromatic rings. The number of sulfonamides is 1. The Kier molecular flexibility index (Phi) is 3.64. The van der Waals surface area contributed by atoms with E-state index in [9.17, 15) is 13.2 Å². The van der Waals surface area contributed by atoms with E-state index in [1.165, 1.54) is 4.31 Å². The Morgan fingerprint density at radius 1 is 1.15 bits per heavy atom. The molecule has 1 aromatic carbocycles. The number of rotatable bonds is 3. The van der Waals surface area contributed by atoms with Crippen molar-refractivity contribution in [2.45, 2.75) is 32.6 Å². The highest BCUT2D eigenvalue weighted by Crippen LogP contribution is 2.32. The van der Waals surface area contributed by atoms with Crippen molar-refractivity contribution < 1.29 is 18.3 Å². The zero-order valence-electron chi connectivity index (χ0n) is 12.1. The van der Waals surface area contributed by atoms with Gasteiger partial charge >= 0.3 is 5.97 Å². The summed E-state index contributed by atoms with van der Waals surface area (Å²) in [6.07, 6.45) is 0. The van der Waals surface area contributed by atoms with E-state index in [0.29, 0.717) is 4.90 Å². The number of hydrogen-bond acceptors (Lipinski definition) is 3. The summed E-state index contributed by atoms with van der Waals surface area (Å²) in [7, 11) is -3.61. The molecule has 0 radical (unpaired) electrons. The summed E-state index contributed by atoms with van der Waals surface area (Å²) >= 11 is 0. The van der Waals surface area contributed by atoms with E-state index in [1.807, 2.05) is 19.9 Å². The molecule has 6 heteroatoms. The molecule has 20 heavy (non-hydrogen) atoms. The molecule has 0 unspecified atom stereocenters. The zero-order chi connectivity index (χ0) is 15.2. The van der Waals surface area contributed by atoms with Gasteiger partial charge in [0.1, 0.15) is 0 Å². The fraction of sp³-hybridized carbons (Fsp3) is 0.500. The van der Waals surface area contributed by atoms with Crippen LogP contribution in [0.2, 0.25) is 0 Å². The normalized spacial score (nSPS) is 17.0. The Labute approximate surface area is 119 Å². The van der Waals surface area contributed by atoms with Crippen molar-refractivity contribution in [1.29, 1.82) is 0 Å². The van der Waals surface area contributed by atoms with E-state index in [0.717, 1.165) is 22.3 Å². The van der Waals surface area contributed by atoms with E-state index >= 15 is 0 Å². The van der Waals surface area contributed by atoms with Crippen molar-refractivity contribution in [3.8, 4) is 0 Å². The highest BCUT2D eigenvalue weighted by Gasteiger charge is 2.41. The van der Waals surface area contributed by atoms with E-state index in [4.69, 9.17) is 5.11 Å². The van der Waals surface area contributed by atoms with Gasteiger partial charge in [-0.3, -0.25) is 4.79 Å². The third-order valence-electron chi connectivity index (χ3n) is 4.09. The predicted octanol–water partition coefficient (Wildman–Crippen LogP) is 1.63. The molecule has 1 aliphatic rings. The van der Waals surface area contributed by atoms with Crippen molar-refractivity contribution in [2.24, 2.45) is 5.92 Å². The molecule has 110 valence electrons. The summed E-state index contributed by atoms with van der Waals surface area (Å²) < 4.78 is 26.6. The number of carboxylic acids is 1. The first kappa shape index (κ1) is 15.0. The molecule has 5 nitrogen and oxygen atoms in total. The van der Waals surface area contributed by atoms with Crippen LogP contribution in [0, 0.1) is 33.6 Å². The number of carbonyl (C=O) groups is 1. The first-order chi connectivity index (χ1) is 9.16. The maximum atomic E-state index is 12.7. The van der Waals surface area contributed by atoms with Gasteiger partial charge in [0.2, 0.25) is 10.0 Å². The molecule has 1 heterocycles. The first-order valence-corrected chi connectivity index (χ1v) is 7.90. The SMILES string of the molecule is Cc1cc(C)c(C)c(S(=O)(=O)N2CC(C(=O)O)C2)c1C. The van der Waals surface area contributed by atoms with Crippen LogP contribution in [0.25, 0.3) is 0 Å². The fourth-order valence-electron chi connectivity index (χ4n) is 2.49. The smallest absolute Gasteiger partial charge is 0.309 e. The largest absolute Gasteiger partial charge is 0.481 e. The van der Waals surface area contributed by atoms with Gasteiger partial charge in [-0.1, -0.05) is 6.07 Å². The van der Waals surface area contributed by atoms with Gasteiger partial charge in [0.25, 0.3) is 0 Å². The van der Waals surface area contributed by atoms with Crippen LogP contribution < -0.4 is 0 Å². The van der Waals surface area contributed by atoms with Crippen LogP contribution in [0.3, 0.4) is 0 Å². The number of nitrogens with zero attached hydrogens (tertiary/aromatic N) is 1. The van der Waals surface area contributed by atoms with Gasteiger partial charge < -0.3 is 5.11 Å². The lowest BCUT2D eigenvalue weighted by molar-refractivity contribution is -0.145. The second-order valence-electron chi connectivity index (χ2n) is 5.45. The Bertz CT molecular complexity index is 647. The third kappa shape index (κ3) is 2.23. The van der Waals surface area contributed by atoms with E-state index in [1.54, 1.807) is 13.8 Å². The molecule has 0 atom stereocenters. The molecule has 1 saturated heterocycles. The minimum atomic E-state index is -3.61. The monoisotopic (exact) mass is 297 g/mol. The third-order valence-corrected chi connectivity index (χ3v) is 6.20. The molecule has 0 saturated carbocycles. The Morgan fingerprint density at radius 3 is 2.00 bits per heavy atom. The summed E-state index contributed by atoms with van der Waals surface area (Å²) in [6.45, 7) is 7.48. The number of carboxylic acid groups (broad SMARTS) is 1. The lowest BCUT2D eigenvalue weighted by Crippen LogP contribution is -2.53. The Balaban J connectivity index is 2.44. The number of hydrogen-bond donors (Lipinski definition) is 1. The van der Waals surface area contributed by atoms with Gasteiger partial charge in [0, 0.05) is 13.1 Å². The van der Waals surface area contributed by atoms with E-state index in [-0.39, 0.29) is 13.1 Å². The highest BCUT2D eigenvalue weighted by atomic mass is 32.2. The Morgan fingerprint density at radius 2 is 1.60 bits per heavy atom. The zero-order valence-corrected chi connectivity index (χ0v) is 12.9. The van der Waals surface area contributed by atoms with Gasteiger partial charge in [0.15, 0.2) is 0 Å². The molecule has 0 amide bonds. The number of aliphatic carboxylic acids is 1. The van der Waals surface area contributed by atoms with Crippen LogP contribution in [0.1, 0.15) is 22.3 Å². The van der Waals surface area contributed by atoms with Crippen molar-refractivity contribution in [2.75, 3.05) is 13.1 Å². The van der Waals surface area contributed by atoms with Crippen molar-refractivity contribution in [3.63, 3.8) is 0 Å². The molecular formula is C14H19NO4S. The summed E-state index contributed by atoms with van der Waals surface area (Å²) in [5.74, 6) is -1.53. The van der Waals surface area contributed by atoms with E-state index < -0.39 is 21.9 Å². The van der Waals surface area contributed by atoms with Crippen molar-refractivity contribution in [1.82, 2.24) is 4.31 Å². The van der Waals surface area contributed by atoms with Gasteiger partial charge in [-0.25, -0.2) is 8.42 Å². The lowest BCUT2D eigenvalue weighted by Gasteiger charge is -2.36. The molecular weight excluding hydrogens is 278 g/mol. The Hall–Kier alpha value is -1.40. The fourth-order valence-corrected chi connectivity index (χ4v) is 4.59. The molecule has 0 aliphatic carbocycles. The van der Waals surface area contributed by atoms with Gasteiger partial charge in [-0.15, -0.1) is 0 Å². The molecule has 1 N–H and O–H groups in total. The van der Waals surface area contributed by atoms with Crippen molar-refractivity contribution in [3.05, 3.63) is 28.3 Å². The molecule has 0 bridgehead atoms. The number of benzene rings is 1. The van der Waals surface area contributed by atoms with E-state index in [2.05, 4.69) is 0 Å². The van der Waals surface area contributed by atoms with Crippen LogP contribution in [-0.4, -0.2) is 36.9 Å². The van der Waals surface area contributed by atoms with Gasteiger partial charge in [-0.2, -0.15) is 4.31 Å². The average Bonchev–Trinajstić information content (AvgIpc) is 2.23. The van der Waals surface area contributed by atoms with Crippen LogP contribution in [0.4, 0.5) is 0 Å². The van der Waals surface area contributed by atoms with Gasteiger partial charge in [0.05, 0.1) is 10.8 Å². The quantitative estimate of drug-likeness (QED) is 0.920. The summed E-state index contributed by atoms with van der Waals surface area (Å²) in [5.41, 5.74) is 3.35. The molecule has 2 rings (SSSR count). The lowest BCUT2D eigenvalue weighted by atomic mass is 10.0. The predicted molar refractivity (Wildman–Crippen MR) is 75.3 cm³/mol. The highest BCUT2D eigenvalue weighted by molar-refractivity contribution is 7.89. The molecule has 1 fully saturated rings. The van der Waals surface area contributed by atoms with Crippen molar-refractivity contribution >= 4 is 16.0 Å². The summed E-state index contributed by atoms with van der Waals surface area (Å²) in [4.78, 5) is 11.1. The standard InChI is InChI=1S/C14H19NO4S/c1-8-5-9(2)11(4)13(10(8)3)20(18,19)15-6-12(7-15)14(16)17/h5,12H,6-7H2,1-4H3,(H,16,17). The topological polar surface area (TPSA) is 74.7 Å².